The smallest absolute Gasteiger partial charge is 0.333 e. The van der Waals surface area contributed by atoms with Crippen LogP contribution in [-0.4, -0.2) is 12.6 Å². The predicted octanol–water partition coefficient (Wildman–Crippen LogP) is 5.92. The second-order valence-electron chi connectivity index (χ2n) is 7.02. The van der Waals surface area contributed by atoms with Gasteiger partial charge in [-0.1, -0.05) is 97.6 Å². The van der Waals surface area contributed by atoms with Crippen molar-refractivity contribution >= 4 is 5.97 Å². The Morgan fingerprint density at radius 2 is 1.18 bits per heavy atom. The first-order valence-corrected chi connectivity index (χ1v) is 9.64. The molecule has 0 saturated heterocycles. The molecule has 0 aromatic heterocycles. The van der Waals surface area contributed by atoms with Crippen molar-refractivity contribution in [3.8, 4) is 0 Å². The number of carbonyl (C=O) groups is 1. The molecule has 0 spiro atoms. The van der Waals surface area contributed by atoms with E-state index in [9.17, 15) is 4.79 Å². The van der Waals surface area contributed by atoms with Gasteiger partial charge in [-0.15, -0.1) is 0 Å². The Morgan fingerprint density at radius 1 is 0.786 bits per heavy atom. The van der Waals surface area contributed by atoms with Gasteiger partial charge >= 0.3 is 5.97 Å². The third-order valence-corrected chi connectivity index (χ3v) is 5.08. The third-order valence-electron chi connectivity index (χ3n) is 5.08. The molecule has 0 N–H and O–H groups in total. The van der Waals surface area contributed by atoms with Gasteiger partial charge in [0, 0.05) is 11.0 Å². The molecule has 2 heteroatoms. The van der Waals surface area contributed by atoms with E-state index < -0.39 is 0 Å². The van der Waals surface area contributed by atoms with Crippen LogP contribution in [0.2, 0.25) is 0 Å². The summed E-state index contributed by atoms with van der Waals surface area (Å²) in [5, 5.41) is 0. The van der Waals surface area contributed by atoms with Gasteiger partial charge in [-0.05, 0) is 36.5 Å². The highest BCUT2D eigenvalue weighted by Gasteiger charge is 2.35. The van der Waals surface area contributed by atoms with E-state index in [4.69, 9.17) is 4.74 Å². The first-order chi connectivity index (χ1) is 13.6. The predicted molar refractivity (Wildman–Crippen MR) is 114 cm³/mol. The fourth-order valence-corrected chi connectivity index (χ4v) is 3.73. The topological polar surface area (TPSA) is 26.3 Å². The van der Waals surface area contributed by atoms with Crippen molar-refractivity contribution in [3.05, 3.63) is 120 Å². The fourth-order valence-electron chi connectivity index (χ4n) is 3.73. The summed E-state index contributed by atoms with van der Waals surface area (Å²) in [4.78, 5) is 11.8. The highest BCUT2D eigenvalue weighted by atomic mass is 16.5. The molecule has 0 bridgehead atoms. The van der Waals surface area contributed by atoms with Crippen LogP contribution in [0, 0.1) is 0 Å². The monoisotopic (exact) mass is 370 g/mol. The first-order valence-electron chi connectivity index (χ1n) is 9.64. The Morgan fingerprint density at radius 3 is 1.54 bits per heavy atom. The maximum atomic E-state index is 11.8. The minimum atomic E-state index is -0.329. The highest BCUT2D eigenvalue weighted by molar-refractivity contribution is 5.86. The van der Waals surface area contributed by atoms with Crippen molar-refractivity contribution in [2.75, 3.05) is 6.61 Å². The minimum Gasteiger partial charge on any atom is -0.462 e. The van der Waals surface area contributed by atoms with Crippen molar-refractivity contribution in [2.24, 2.45) is 0 Å². The zero-order valence-corrected chi connectivity index (χ0v) is 16.3. The number of rotatable bonds is 8. The summed E-state index contributed by atoms with van der Waals surface area (Å²) in [5.74, 6) is -0.329. The van der Waals surface area contributed by atoms with Gasteiger partial charge in [0.25, 0.3) is 0 Å². The summed E-state index contributed by atoms with van der Waals surface area (Å²) in [7, 11) is 0. The van der Waals surface area contributed by atoms with Crippen LogP contribution in [0.4, 0.5) is 0 Å². The van der Waals surface area contributed by atoms with Gasteiger partial charge in [0.05, 0.1) is 6.61 Å². The molecule has 0 radical (unpaired) electrons. The molecule has 0 aliphatic rings. The van der Waals surface area contributed by atoms with Crippen molar-refractivity contribution < 1.29 is 9.53 Å². The number of benzene rings is 3. The van der Waals surface area contributed by atoms with Gasteiger partial charge in [-0.2, -0.15) is 0 Å². The van der Waals surface area contributed by atoms with Crippen LogP contribution in [0.5, 0.6) is 0 Å². The normalized spacial score (nSPS) is 11.0. The molecule has 142 valence electrons. The molecular formula is C26H26O2. The maximum Gasteiger partial charge on any atom is 0.333 e. The number of carbonyl (C=O) groups excluding carboxylic acids is 1. The van der Waals surface area contributed by atoms with Crippen molar-refractivity contribution in [2.45, 2.75) is 25.2 Å². The molecule has 2 nitrogen and oxygen atoms in total. The van der Waals surface area contributed by atoms with Crippen LogP contribution < -0.4 is 0 Å². The molecule has 3 rings (SSSR count). The summed E-state index contributed by atoms with van der Waals surface area (Å²) >= 11 is 0. The van der Waals surface area contributed by atoms with E-state index in [1.54, 1.807) is 6.92 Å². The van der Waals surface area contributed by atoms with Gasteiger partial charge in [-0.3, -0.25) is 0 Å². The van der Waals surface area contributed by atoms with E-state index in [0.29, 0.717) is 12.2 Å². The van der Waals surface area contributed by atoms with Crippen LogP contribution in [0.1, 0.15) is 36.5 Å². The summed E-state index contributed by atoms with van der Waals surface area (Å²) in [6, 6.07) is 31.7. The van der Waals surface area contributed by atoms with E-state index in [-0.39, 0.29) is 11.4 Å². The molecule has 3 aromatic rings. The standard InChI is InChI=1S/C26H26O2/c1-21(2)25(27)28-20-12-19-26(22-13-6-3-7-14-22,23-15-8-4-9-16-23)24-17-10-5-11-18-24/h3-11,13-18H,1,12,19-20H2,2H3. The number of ether oxygens (including phenoxy) is 1. The average Bonchev–Trinajstić information content (AvgIpc) is 2.75. The molecule has 0 fully saturated rings. The Hall–Kier alpha value is -3.13. The van der Waals surface area contributed by atoms with Gasteiger partial charge in [0.2, 0.25) is 0 Å². The van der Waals surface area contributed by atoms with Crippen LogP contribution in [0.15, 0.2) is 103 Å². The molecule has 3 aromatic carbocycles. The molecule has 0 unspecified atom stereocenters. The molecular weight excluding hydrogens is 344 g/mol. The van der Waals surface area contributed by atoms with Crippen LogP contribution in [0.25, 0.3) is 0 Å². The van der Waals surface area contributed by atoms with E-state index in [0.717, 1.165) is 12.8 Å². The second-order valence-corrected chi connectivity index (χ2v) is 7.02. The van der Waals surface area contributed by atoms with Crippen LogP contribution >= 0.6 is 0 Å². The molecule has 0 aliphatic carbocycles. The van der Waals surface area contributed by atoms with Gasteiger partial charge in [-0.25, -0.2) is 4.79 Å². The van der Waals surface area contributed by atoms with Crippen LogP contribution in [0.3, 0.4) is 0 Å². The number of esters is 1. The Labute approximate surface area is 167 Å². The zero-order chi connectivity index (χ0) is 19.8. The lowest BCUT2D eigenvalue weighted by Crippen LogP contribution is -2.30. The van der Waals surface area contributed by atoms with Crippen molar-refractivity contribution in [3.63, 3.8) is 0 Å². The molecule has 0 heterocycles. The molecule has 0 aliphatic heterocycles. The number of hydrogen-bond donors (Lipinski definition) is 0. The number of hydrogen-bond acceptors (Lipinski definition) is 2. The largest absolute Gasteiger partial charge is 0.462 e. The maximum absolute atomic E-state index is 11.8. The molecule has 0 saturated carbocycles. The van der Waals surface area contributed by atoms with Gasteiger partial charge in [0.1, 0.15) is 0 Å². The summed E-state index contributed by atoms with van der Waals surface area (Å²) in [6.45, 7) is 5.70. The van der Waals surface area contributed by atoms with Gasteiger partial charge in [0.15, 0.2) is 0 Å². The van der Waals surface area contributed by atoms with E-state index in [1.807, 2.05) is 18.2 Å². The summed E-state index contributed by atoms with van der Waals surface area (Å²) in [6.07, 6.45) is 1.58. The second kappa shape index (κ2) is 9.18. The van der Waals surface area contributed by atoms with Crippen molar-refractivity contribution in [1.29, 1.82) is 0 Å². The lowest BCUT2D eigenvalue weighted by Gasteiger charge is -2.36. The Bertz CT molecular complexity index is 802. The molecule has 28 heavy (non-hydrogen) atoms. The SMILES string of the molecule is C=C(C)C(=O)OCCCC(c1ccccc1)(c1ccccc1)c1ccccc1. The van der Waals surface area contributed by atoms with E-state index in [2.05, 4.69) is 79.4 Å². The van der Waals surface area contributed by atoms with Crippen LogP contribution in [-0.2, 0) is 14.9 Å². The zero-order valence-electron chi connectivity index (χ0n) is 16.3. The molecule has 0 atom stereocenters. The Kier molecular flexibility index (Phi) is 6.44. The summed E-state index contributed by atoms with van der Waals surface area (Å²) < 4.78 is 5.37. The van der Waals surface area contributed by atoms with E-state index in [1.165, 1.54) is 16.7 Å². The lowest BCUT2D eigenvalue weighted by molar-refractivity contribution is -0.139. The molecule has 0 amide bonds. The first kappa shape index (κ1) is 19.6. The van der Waals surface area contributed by atoms with E-state index >= 15 is 0 Å². The quantitative estimate of drug-likeness (QED) is 0.213. The summed E-state index contributed by atoms with van der Waals surface area (Å²) in [5.41, 5.74) is 3.83. The Balaban J connectivity index is 2.01. The highest BCUT2D eigenvalue weighted by Crippen LogP contribution is 2.42. The fraction of sp³-hybridized carbons (Fsp3) is 0.192. The van der Waals surface area contributed by atoms with Gasteiger partial charge < -0.3 is 4.74 Å². The van der Waals surface area contributed by atoms with Crippen molar-refractivity contribution in [1.82, 2.24) is 0 Å². The minimum absolute atomic E-state index is 0.306. The third kappa shape index (κ3) is 4.23. The lowest BCUT2D eigenvalue weighted by atomic mass is 9.67. The average molecular weight is 370 g/mol.